The Morgan fingerprint density at radius 1 is 1.25 bits per heavy atom. The third-order valence-electron chi connectivity index (χ3n) is 5.82. The second-order valence-electron chi connectivity index (χ2n) is 9.16. The summed E-state index contributed by atoms with van der Waals surface area (Å²) in [5, 5.41) is 10.8. The third kappa shape index (κ3) is 4.30. The molecule has 0 radical (unpaired) electrons. The van der Waals surface area contributed by atoms with Crippen LogP contribution in [0.2, 0.25) is 18.1 Å². The quantitative estimate of drug-likeness (QED) is 0.538. The number of rotatable bonds is 7. The number of hydrogen-bond donors (Lipinski definition) is 1. The van der Waals surface area contributed by atoms with Crippen LogP contribution in [0.1, 0.15) is 53.9 Å². The fourth-order valence-electron chi connectivity index (χ4n) is 3.02. The standard InChI is InChI=1S/C19H38O4Si/c1-10-11-15-12-13-16(20)19(21-7,23-15)18(5,6)14-22-24(8,9)17(2,3)4/h10,15-16,20H,1,11-14H2,2-9H3. The molecule has 142 valence electrons. The van der Waals surface area contributed by atoms with Crippen LogP contribution in [0.15, 0.2) is 12.7 Å². The molecule has 0 saturated carbocycles. The van der Waals surface area contributed by atoms with Gasteiger partial charge in [0.05, 0.1) is 6.10 Å². The number of hydrogen-bond acceptors (Lipinski definition) is 4. The molecule has 4 nitrogen and oxygen atoms in total. The molecule has 1 saturated heterocycles. The van der Waals surface area contributed by atoms with Gasteiger partial charge in [-0.25, -0.2) is 0 Å². The maximum atomic E-state index is 10.7. The zero-order valence-corrected chi connectivity index (χ0v) is 17.9. The monoisotopic (exact) mass is 358 g/mol. The van der Waals surface area contributed by atoms with Crippen LogP contribution < -0.4 is 0 Å². The van der Waals surface area contributed by atoms with Crippen molar-refractivity contribution in [3.63, 3.8) is 0 Å². The maximum absolute atomic E-state index is 10.7. The number of methoxy groups -OCH3 is 1. The van der Waals surface area contributed by atoms with Crippen molar-refractivity contribution in [1.82, 2.24) is 0 Å². The maximum Gasteiger partial charge on any atom is 0.201 e. The lowest BCUT2D eigenvalue weighted by atomic mass is 9.77. The third-order valence-corrected chi connectivity index (χ3v) is 10.3. The summed E-state index contributed by atoms with van der Waals surface area (Å²) in [6.45, 7) is 19.6. The molecule has 0 amide bonds. The molecule has 0 aliphatic carbocycles. The molecule has 1 fully saturated rings. The molecule has 1 rings (SSSR count). The Kier molecular flexibility index (Phi) is 6.90. The van der Waals surface area contributed by atoms with Crippen molar-refractivity contribution in [1.29, 1.82) is 0 Å². The van der Waals surface area contributed by atoms with Gasteiger partial charge in [-0.3, -0.25) is 0 Å². The summed E-state index contributed by atoms with van der Waals surface area (Å²) in [4.78, 5) is 0. The molecule has 1 N–H and O–H groups in total. The Labute approximate surface area is 149 Å². The van der Waals surface area contributed by atoms with Gasteiger partial charge in [0.15, 0.2) is 8.32 Å². The summed E-state index contributed by atoms with van der Waals surface area (Å²) >= 11 is 0. The van der Waals surface area contributed by atoms with Gasteiger partial charge in [0.1, 0.15) is 6.10 Å². The van der Waals surface area contributed by atoms with E-state index in [-0.39, 0.29) is 11.1 Å². The summed E-state index contributed by atoms with van der Waals surface area (Å²) in [6.07, 6.45) is 3.46. The average Bonchev–Trinajstić information content (AvgIpc) is 2.46. The Balaban J connectivity index is 3.00. The van der Waals surface area contributed by atoms with Gasteiger partial charge in [0.2, 0.25) is 5.79 Å². The zero-order valence-electron chi connectivity index (χ0n) is 16.9. The zero-order chi connectivity index (χ0) is 18.8. The summed E-state index contributed by atoms with van der Waals surface area (Å²) < 4.78 is 18.5. The highest BCUT2D eigenvalue weighted by Gasteiger charge is 2.56. The van der Waals surface area contributed by atoms with E-state index in [1.54, 1.807) is 7.11 Å². The number of aliphatic hydroxyl groups is 1. The van der Waals surface area contributed by atoms with E-state index in [0.29, 0.717) is 13.0 Å². The number of aliphatic hydroxyl groups excluding tert-OH is 1. The highest BCUT2D eigenvalue weighted by Crippen LogP contribution is 2.46. The van der Waals surface area contributed by atoms with E-state index >= 15 is 0 Å². The van der Waals surface area contributed by atoms with Gasteiger partial charge in [0.25, 0.3) is 0 Å². The van der Waals surface area contributed by atoms with Crippen molar-refractivity contribution in [3.8, 4) is 0 Å². The van der Waals surface area contributed by atoms with E-state index in [2.05, 4.69) is 54.3 Å². The molecule has 5 heteroatoms. The van der Waals surface area contributed by atoms with Crippen molar-refractivity contribution in [3.05, 3.63) is 12.7 Å². The molecule has 3 unspecified atom stereocenters. The van der Waals surface area contributed by atoms with Crippen LogP contribution in [0, 0.1) is 5.41 Å². The molecular formula is C19H38O4Si. The van der Waals surface area contributed by atoms with Gasteiger partial charge in [-0.2, -0.15) is 0 Å². The summed E-state index contributed by atoms with van der Waals surface area (Å²) in [5.74, 6) is -1.05. The Bertz CT molecular complexity index is 428. The van der Waals surface area contributed by atoms with Gasteiger partial charge in [0, 0.05) is 19.1 Å². The smallest absolute Gasteiger partial charge is 0.201 e. The molecule has 3 atom stereocenters. The first-order valence-corrected chi connectivity index (χ1v) is 11.9. The van der Waals surface area contributed by atoms with Gasteiger partial charge in [-0.05, 0) is 37.4 Å². The van der Waals surface area contributed by atoms with Crippen LogP contribution >= 0.6 is 0 Å². The van der Waals surface area contributed by atoms with E-state index in [9.17, 15) is 5.11 Å². The van der Waals surface area contributed by atoms with Gasteiger partial charge >= 0.3 is 0 Å². The van der Waals surface area contributed by atoms with Crippen LogP contribution in [0.3, 0.4) is 0 Å². The van der Waals surface area contributed by atoms with E-state index in [1.807, 2.05) is 6.08 Å². The molecule has 24 heavy (non-hydrogen) atoms. The fourth-order valence-corrected chi connectivity index (χ4v) is 4.17. The lowest BCUT2D eigenvalue weighted by Gasteiger charge is -2.53. The minimum absolute atomic E-state index is 0.0259. The van der Waals surface area contributed by atoms with Gasteiger partial charge < -0.3 is 19.0 Å². The minimum Gasteiger partial charge on any atom is -0.416 e. The van der Waals surface area contributed by atoms with E-state index < -0.39 is 25.6 Å². The van der Waals surface area contributed by atoms with Crippen LogP contribution in [-0.2, 0) is 13.9 Å². The van der Waals surface area contributed by atoms with Crippen LogP contribution in [0.4, 0.5) is 0 Å². The van der Waals surface area contributed by atoms with Crippen LogP contribution in [0.25, 0.3) is 0 Å². The second-order valence-corrected chi connectivity index (χ2v) is 14.0. The van der Waals surface area contributed by atoms with E-state index in [1.165, 1.54) is 0 Å². The molecule has 0 bridgehead atoms. The molecule has 0 aromatic carbocycles. The van der Waals surface area contributed by atoms with Gasteiger partial charge in [-0.1, -0.05) is 40.7 Å². The molecule has 0 aromatic rings. The Morgan fingerprint density at radius 2 is 1.83 bits per heavy atom. The molecule has 0 aromatic heterocycles. The lowest BCUT2D eigenvalue weighted by molar-refractivity contribution is -0.359. The lowest BCUT2D eigenvalue weighted by Crippen LogP contribution is -2.63. The highest BCUT2D eigenvalue weighted by molar-refractivity contribution is 6.74. The fraction of sp³-hybridized carbons (Fsp3) is 0.895. The van der Waals surface area contributed by atoms with Crippen molar-refractivity contribution in [2.75, 3.05) is 13.7 Å². The SMILES string of the molecule is C=CCC1CCC(O)C(OC)(C(C)(C)CO[Si](C)(C)C(C)(C)C)O1. The normalized spacial score (nSPS) is 29.5. The Hall–Kier alpha value is -0.203. The molecule has 0 spiro atoms. The summed E-state index contributed by atoms with van der Waals surface area (Å²) in [6, 6.07) is 0. The first-order valence-electron chi connectivity index (χ1n) is 8.99. The molecular weight excluding hydrogens is 320 g/mol. The molecule has 1 aliphatic rings. The predicted octanol–water partition coefficient (Wildman–Crippen LogP) is 4.49. The summed E-state index contributed by atoms with van der Waals surface area (Å²) in [5.41, 5.74) is -0.476. The summed E-state index contributed by atoms with van der Waals surface area (Å²) in [7, 11) is -0.268. The van der Waals surface area contributed by atoms with Crippen molar-refractivity contribution in [2.45, 2.75) is 90.0 Å². The molecule has 1 aliphatic heterocycles. The second kappa shape index (κ2) is 7.58. The first kappa shape index (κ1) is 21.8. The van der Waals surface area contributed by atoms with Crippen molar-refractivity contribution in [2.24, 2.45) is 5.41 Å². The largest absolute Gasteiger partial charge is 0.416 e. The predicted molar refractivity (Wildman–Crippen MR) is 102 cm³/mol. The van der Waals surface area contributed by atoms with E-state index in [0.717, 1.165) is 12.8 Å². The first-order chi connectivity index (χ1) is 10.8. The Morgan fingerprint density at radius 3 is 2.29 bits per heavy atom. The van der Waals surface area contributed by atoms with Crippen molar-refractivity contribution < 1.29 is 19.0 Å². The van der Waals surface area contributed by atoms with Crippen LogP contribution in [-0.4, -0.2) is 45.1 Å². The highest BCUT2D eigenvalue weighted by atomic mass is 28.4. The van der Waals surface area contributed by atoms with E-state index in [4.69, 9.17) is 13.9 Å². The average molecular weight is 359 g/mol. The number of ether oxygens (including phenoxy) is 2. The van der Waals surface area contributed by atoms with Crippen LogP contribution in [0.5, 0.6) is 0 Å². The van der Waals surface area contributed by atoms with Crippen molar-refractivity contribution >= 4 is 8.32 Å². The van der Waals surface area contributed by atoms with Gasteiger partial charge in [-0.15, -0.1) is 6.58 Å². The topological polar surface area (TPSA) is 47.9 Å². The molecule has 1 heterocycles. The minimum atomic E-state index is -1.89.